The van der Waals surface area contributed by atoms with Gasteiger partial charge in [-0.2, -0.15) is 13.9 Å². The molecule has 0 aliphatic carbocycles. The van der Waals surface area contributed by atoms with Crippen LogP contribution in [0.1, 0.15) is 41.5 Å². The van der Waals surface area contributed by atoms with Gasteiger partial charge in [0.25, 0.3) is 0 Å². The molecule has 74 heavy (non-hydrogen) atoms. The van der Waals surface area contributed by atoms with Crippen molar-refractivity contribution in [2.75, 3.05) is 0 Å². The highest BCUT2D eigenvalue weighted by molar-refractivity contribution is 8.24. The predicted molar refractivity (Wildman–Crippen MR) is 276 cm³/mol. The number of fused-ring (bicyclic) bond motifs is 3. The molecule has 0 bridgehead atoms. The number of aromatic hydroxyl groups is 1. The normalized spacial score (nSPS) is 12.7. The fourth-order valence-corrected chi connectivity index (χ4v) is 7.72. The summed E-state index contributed by atoms with van der Waals surface area (Å²) in [6, 6.07) is 23.0. The van der Waals surface area contributed by atoms with Crippen LogP contribution in [0.2, 0.25) is 0 Å². The van der Waals surface area contributed by atoms with Crippen LogP contribution in [0.25, 0.3) is 32.7 Å². The molecule has 1 unspecified atom stereocenters. The number of carbonyl (C=O) groups is 2. The van der Waals surface area contributed by atoms with Crippen LogP contribution in [0.4, 0.5) is 22.0 Å². The fraction of sp³-hybridized carbons (Fsp3) is 0.222. The Hall–Kier alpha value is -5.04. The Labute approximate surface area is 444 Å². The molecule has 16 nitrogen and oxygen atoms in total. The van der Waals surface area contributed by atoms with Crippen LogP contribution in [0.15, 0.2) is 110 Å². The molecular weight excluding hydrogens is 1150 g/mol. The molecule has 0 amide bonds. The third-order valence-corrected chi connectivity index (χ3v) is 10.7. The fourth-order valence-electron chi connectivity index (χ4n) is 5.37. The van der Waals surface area contributed by atoms with Gasteiger partial charge in [-0.25, -0.2) is 22.3 Å². The van der Waals surface area contributed by atoms with Gasteiger partial charge in [-0.1, -0.05) is 18.2 Å². The summed E-state index contributed by atoms with van der Waals surface area (Å²) in [5.74, 6) is -14.5. The predicted octanol–water partition coefficient (Wildman–Crippen LogP) is 14.7. The van der Waals surface area contributed by atoms with E-state index in [2.05, 4.69) is 53.8 Å². The zero-order chi connectivity index (χ0) is 55.7. The monoisotopic (exact) mass is 1190 g/mol. The molecule has 3 atom stereocenters. The van der Waals surface area contributed by atoms with E-state index in [9.17, 15) is 45.2 Å². The number of nitrogens with one attached hydrogen (secondary N) is 1. The van der Waals surface area contributed by atoms with Crippen molar-refractivity contribution in [3.63, 3.8) is 0 Å². The minimum atomic E-state index is -5.01. The lowest BCUT2D eigenvalue weighted by molar-refractivity contribution is -0.149. The molecule has 4 aromatic carbocycles. The lowest BCUT2D eigenvalue weighted by atomic mass is 10.2. The number of halogens is 10. The van der Waals surface area contributed by atoms with Gasteiger partial charge in [0.1, 0.15) is 29.3 Å². The van der Waals surface area contributed by atoms with Gasteiger partial charge in [-0.15, -0.1) is 0 Å². The standard InChI is InChI=1S/C21H18F5N2O5P.C9H6Cl2NO2P.C9H7NO.C6H13NO2.Cl3OP/c1-10(2)31-21(29)11(3)28-34(30,32-13-6-7-14-12(9-13)5-4-8-27-14)33-20-18(25)16(23)15(22)17(24)19(20)26;10-15(11,13)14-8-3-4-9-7(6-8)2-1-5-12-9;11-8-3-4-9-7(6-8)2-1-5-10-9;1-4(2)9-6(8)5(3)7;1-5(2,3)4/h4-11H,1-3H3,(H,28,30);1-6H;1-6,11H;4-5H,7H2,1-3H3;/t11-,34?;;;5-;/m0..0./s1. The maximum atomic E-state index is 14.2. The molecule has 400 valence electrons. The third kappa shape index (κ3) is 22.0. The summed E-state index contributed by atoms with van der Waals surface area (Å²) in [7, 11) is -5.01. The van der Waals surface area contributed by atoms with Crippen LogP contribution in [0.5, 0.6) is 23.0 Å². The second-order valence-electron chi connectivity index (χ2n) is 15.2. The van der Waals surface area contributed by atoms with Crippen molar-refractivity contribution in [3.05, 3.63) is 139 Å². The number of carbonyl (C=O) groups excluding carboxylic acids is 2. The molecule has 0 saturated heterocycles. The molecule has 3 aromatic heterocycles. The SMILES string of the molecule is CC(C)OC(=O)[C@H](C)N.CC(C)OC(=O)[C@H](C)NP(=O)(Oc1ccc2ncccc2c1)Oc1c(F)c(F)c(F)c(F)c1F.O=P(Cl)(Cl)Cl.O=P(Cl)(Cl)Oc1ccc2ncccc2c1.Oc1ccc2ncccc2c1. The second kappa shape index (κ2) is 28.7. The zero-order valence-electron chi connectivity index (χ0n) is 39.3. The Morgan fingerprint density at radius 1 is 0.568 bits per heavy atom. The number of phenols is 1. The van der Waals surface area contributed by atoms with Gasteiger partial charge >= 0.3 is 31.0 Å². The molecule has 7 rings (SSSR count). The van der Waals surface area contributed by atoms with E-state index in [1.165, 1.54) is 45.2 Å². The summed E-state index contributed by atoms with van der Waals surface area (Å²) in [6.07, 6.45) is 0.768. The number of esters is 2. The van der Waals surface area contributed by atoms with Crippen LogP contribution in [-0.2, 0) is 32.8 Å². The maximum Gasteiger partial charge on any atom is 0.513 e. The van der Waals surface area contributed by atoms with Crippen LogP contribution in [0, 0.1) is 29.1 Å². The molecule has 0 radical (unpaired) electrons. The molecule has 7 aromatic rings. The Bertz CT molecular complexity index is 3160. The highest BCUT2D eigenvalue weighted by Gasteiger charge is 2.38. The average molecular weight is 1200 g/mol. The summed E-state index contributed by atoms with van der Waals surface area (Å²) < 4.78 is 128. The number of hydrogen-bond acceptors (Lipinski definition) is 15. The van der Waals surface area contributed by atoms with E-state index in [-0.39, 0.29) is 23.6 Å². The highest BCUT2D eigenvalue weighted by Crippen LogP contribution is 2.61. The zero-order valence-corrected chi connectivity index (χ0v) is 45.7. The van der Waals surface area contributed by atoms with Crippen LogP contribution in [-0.4, -0.2) is 56.3 Å². The number of ether oxygens (including phenoxy) is 2. The first-order valence-electron chi connectivity index (χ1n) is 20.9. The third-order valence-electron chi connectivity index (χ3n) is 8.33. The van der Waals surface area contributed by atoms with E-state index in [1.807, 2.05) is 18.2 Å². The van der Waals surface area contributed by atoms with Gasteiger partial charge in [0, 0.05) is 57.2 Å². The maximum absolute atomic E-state index is 14.2. The Kier molecular flexibility index (Phi) is 24.6. The average Bonchev–Trinajstić information content (AvgIpc) is 3.30. The lowest BCUT2D eigenvalue weighted by Gasteiger charge is -2.24. The van der Waals surface area contributed by atoms with Gasteiger partial charge in [-0.3, -0.25) is 29.1 Å². The summed E-state index contributed by atoms with van der Waals surface area (Å²) >= 11 is 24.5. The molecule has 0 aliphatic heterocycles. The van der Waals surface area contributed by atoms with Gasteiger partial charge in [0.2, 0.25) is 34.8 Å². The van der Waals surface area contributed by atoms with Crippen LogP contribution < -0.4 is 24.4 Å². The van der Waals surface area contributed by atoms with Crippen molar-refractivity contribution in [1.29, 1.82) is 0 Å². The van der Waals surface area contributed by atoms with E-state index in [0.29, 0.717) is 16.7 Å². The molecule has 29 heteroatoms. The van der Waals surface area contributed by atoms with Gasteiger partial charge in [-0.05, 0) is 148 Å². The van der Waals surface area contributed by atoms with Crippen molar-refractivity contribution >= 4 is 120 Å². The molecule has 0 spiro atoms. The smallest absolute Gasteiger partial charge is 0.508 e. The number of rotatable bonds is 12. The van der Waals surface area contributed by atoms with E-state index < -0.39 is 78.0 Å². The number of phenolic OH excluding ortho intramolecular Hbond substituents is 1. The molecule has 4 N–H and O–H groups in total. The number of aromatic nitrogens is 3. The van der Waals surface area contributed by atoms with Gasteiger partial charge < -0.3 is 33.9 Å². The van der Waals surface area contributed by atoms with E-state index in [1.54, 1.807) is 87.8 Å². The Morgan fingerprint density at radius 2 is 0.946 bits per heavy atom. The summed E-state index contributed by atoms with van der Waals surface area (Å²) in [5, 5.41) is 10.3. The van der Waals surface area contributed by atoms with Crippen molar-refractivity contribution in [1.82, 2.24) is 20.0 Å². The quantitative estimate of drug-likeness (QED) is 0.0340. The number of nitrogens with two attached hydrogens (primary N) is 1. The van der Waals surface area contributed by atoms with Crippen molar-refractivity contribution < 1.29 is 73.4 Å². The largest absolute Gasteiger partial charge is 0.513 e. The molecule has 0 saturated carbocycles. The Balaban J connectivity index is 0.000000293. The molecule has 3 heterocycles. The van der Waals surface area contributed by atoms with Gasteiger partial charge in [0.05, 0.1) is 28.8 Å². The molecule has 0 fully saturated rings. The topological polar surface area (TPSA) is 228 Å². The van der Waals surface area contributed by atoms with E-state index in [4.69, 9.17) is 56.4 Å². The summed E-state index contributed by atoms with van der Waals surface area (Å²) in [5.41, 5.74) is 7.46. The number of nitrogens with zero attached hydrogens (tertiary/aromatic N) is 3. The minimum Gasteiger partial charge on any atom is -0.508 e. The summed E-state index contributed by atoms with van der Waals surface area (Å²) in [4.78, 5) is 35.1. The first-order chi connectivity index (χ1) is 34.4. The second-order valence-corrected chi connectivity index (χ2v) is 27.6. The number of hydrogen-bond donors (Lipinski definition) is 3. The Morgan fingerprint density at radius 3 is 1.34 bits per heavy atom. The lowest BCUT2D eigenvalue weighted by Crippen LogP contribution is -2.37. The number of benzene rings is 4. The summed E-state index contributed by atoms with van der Waals surface area (Å²) in [6.45, 7) is 9.43. The van der Waals surface area contributed by atoms with Crippen molar-refractivity contribution in [3.8, 4) is 23.0 Å². The first kappa shape index (κ1) is 63.3. The number of pyridine rings is 3. The van der Waals surface area contributed by atoms with Crippen LogP contribution >= 0.6 is 75.2 Å². The van der Waals surface area contributed by atoms with Gasteiger partial charge in [0.15, 0.2) is 0 Å². The van der Waals surface area contributed by atoms with Crippen molar-refractivity contribution in [2.45, 2.75) is 65.8 Å². The van der Waals surface area contributed by atoms with Crippen LogP contribution in [0.3, 0.4) is 0 Å². The first-order valence-corrected chi connectivity index (χ1v) is 30.3. The van der Waals surface area contributed by atoms with Crippen molar-refractivity contribution in [2.24, 2.45) is 5.73 Å². The van der Waals surface area contributed by atoms with E-state index in [0.717, 1.165) is 21.8 Å². The minimum absolute atomic E-state index is 0.0662. The molecule has 0 aliphatic rings. The van der Waals surface area contributed by atoms with E-state index >= 15 is 0 Å². The highest BCUT2D eigenvalue weighted by atomic mass is 36.0. The molecular formula is C45H44Cl5F5N5O11P3.